The second-order valence-corrected chi connectivity index (χ2v) is 5.20. The first-order chi connectivity index (χ1) is 6.14. The van der Waals surface area contributed by atoms with Gasteiger partial charge in [-0.1, -0.05) is 0 Å². The van der Waals surface area contributed by atoms with Crippen molar-refractivity contribution in [1.29, 1.82) is 0 Å². The van der Waals surface area contributed by atoms with Crippen molar-refractivity contribution in [2.75, 3.05) is 6.61 Å². The summed E-state index contributed by atoms with van der Waals surface area (Å²) in [5.41, 5.74) is -0.518. The molecule has 0 heterocycles. The fourth-order valence-corrected chi connectivity index (χ4v) is 0.806. The summed E-state index contributed by atoms with van der Waals surface area (Å²) in [6, 6.07) is 0. The van der Waals surface area contributed by atoms with E-state index >= 15 is 0 Å². The van der Waals surface area contributed by atoms with E-state index in [1.54, 1.807) is 0 Å². The standard InChI is InChI=1S/C10H23BO3/c1-8-12-11(13-9(2,3)4)14-10(5,6)7/h8H2,1-7H3. The lowest BCUT2D eigenvalue weighted by molar-refractivity contribution is -0.0173. The van der Waals surface area contributed by atoms with E-state index in [-0.39, 0.29) is 11.2 Å². The van der Waals surface area contributed by atoms with Crippen LogP contribution >= 0.6 is 0 Å². The minimum atomic E-state index is -0.583. The summed E-state index contributed by atoms with van der Waals surface area (Å²) in [4.78, 5) is 0. The highest BCUT2D eigenvalue weighted by molar-refractivity contribution is 6.36. The summed E-state index contributed by atoms with van der Waals surface area (Å²) in [6.07, 6.45) is 0. The van der Waals surface area contributed by atoms with Crippen molar-refractivity contribution in [2.24, 2.45) is 0 Å². The first-order valence-corrected chi connectivity index (χ1v) is 5.11. The Kier molecular flexibility index (Phi) is 5.13. The van der Waals surface area contributed by atoms with Crippen LogP contribution in [0.5, 0.6) is 0 Å². The van der Waals surface area contributed by atoms with Crippen LogP contribution in [0.4, 0.5) is 0 Å². The van der Waals surface area contributed by atoms with Crippen molar-refractivity contribution in [1.82, 2.24) is 0 Å². The Morgan fingerprint density at radius 3 is 1.43 bits per heavy atom. The third-order valence-corrected chi connectivity index (χ3v) is 1.20. The maximum atomic E-state index is 5.61. The van der Waals surface area contributed by atoms with Gasteiger partial charge < -0.3 is 14.0 Å². The van der Waals surface area contributed by atoms with Gasteiger partial charge in [-0.2, -0.15) is 0 Å². The second-order valence-electron chi connectivity index (χ2n) is 5.20. The Labute approximate surface area is 88.3 Å². The molecule has 0 aromatic carbocycles. The van der Waals surface area contributed by atoms with Gasteiger partial charge in [-0.15, -0.1) is 0 Å². The van der Waals surface area contributed by atoms with Crippen molar-refractivity contribution in [2.45, 2.75) is 59.7 Å². The lowest BCUT2D eigenvalue weighted by Gasteiger charge is -2.29. The Balaban J connectivity index is 4.16. The first-order valence-electron chi connectivity index (χ1n) is 5.11. The van der Waals surface area contributed by atoms with Crippen molar-refractivity contribution in [3.05, 3.63) is 0 Å². The van der Waals surface area contributed by atoms with Crippen LogP contribution in [-0.4, -0.2) is 25.1 Å². The minimum absolute atomic E-state index is 0.259. The summed E-state index contributed by atoms with van der Waals surface area (Å²) in [5.74, 6) is 0. The molecular formula is C10H23BO3. The van der Waals surface area contributed by atoms with Crippen molar-refractivity contribution < 1.29 is 14.0 Å². The molecule has 0 spiro atoms. The molecule has 0 atom stereocenters. The fraction of sp³-hybridized carbons (Fsp3) is 1.00. The van der Waals surface area contributed by atoms with Gasteiger partial charge in [0.25, 0.3) is 0 Å². The maximum absolute atomic E-state index is 5.61. The average Bonchev–Trinajstić information content (AvgIpc) is 1.78. The molecule has 0 aromatic heterocycles. The average molecular weight is 202 g/mol. The van der Waals surface area contributed by atoms with Crippen LogP contribution in [-0.2, 0) is 14.0 Å². The number of hydrogen-bond acceptors (Lipinski definition) is 3. The van der Waals surface area contributed by atoms with Crippen molar-refractivity contribution in [3.63, 3.8) is 0 Å². The predicted octanol–water partition coefficient (Wildman–Crippen LogP) is 2.64. The highest BCUT2D eigenvalue weighted by Crippen LogP contribution is 2.15. The molecule has 0 aliphatic carbocycles. The zero-order valence-electron chi connectivity index (χ0n) is 10.5. The van der Waals surface area contributed by atoms with E-state index < -0.39 is 7.32 Å². The summed E-state index contributed by atoms with van der Waals surface area (Å²) in [7, 11) is -0.583. The van der Waals surface area contributed by atoms with Gasteiger partial charge in [-0.25, -0.2) is 0 Å². The third kappa shape index (κ3) is 8.54. The molecule has 0 aromatic rings. The molecule has 0 aliphatic heterocycles. The zero-order valence-corrected chi connectivity index (χ0v) is 10.5. The highest BCUT2D eigenvalue weighted by Gasteiger charge is 2.31. The second kappa shape index (κ2) is 5.15. The Morgan fingerprint density at radius 2 is 1.21 bits per heavy atom. The summed E-state index contributed by atoms with van der Waals surface area (Å²) < 4.78 is 16.6. The molecule has 0 aliphatic rings. The Bertz CT molecular complexity index is 142. The largest absolute Gasteiger partial charge is 0.640 e. The normalized spacial score (nSPS) is 13.1. The van der Waals surface area contributed by atoms with Crippen molar-refractivity contribution in [3.8, 4) is 0 Å². The maximum Gasteiger partial charge on any atom is 0.640 e. The molecule has 0 saturated carbocycles. The minimum Gasteiger partial charge on any atom is -0.386 e. The Hall–Kier alpha value is -0.0551. The molecule has 0 radical (unpaired) electrons. The number of hydrogen-bond donors (Lipinski definition) is 0. The molecule has 0 fully saturated rings. The SMILES string of the molecule is CCOB(OC(C)(C)C)OC(C)(C)C. The molecule has 0 bridgehead atoms. The van der Waals surface area contributed by atoms with Crippen LogP contribution < -0.4 is 0 Å². The lowest BCUT2D eigenvalue weighted by Crippen LogP contribution is -2.41. The molecule has 4 heteroatoms. The molecule has 0 saturated heterocycles. The van der Waals surface area contributed by atoms with Crippen LogP contribution in [0.1, 0.15) is 48.5 Å². The predicted molar refractivity (Wildman–Crippen MR) is 59.1 cm³/mol. The van der Waals surface area contributed by atoms with E-state index in [0.29, 0.717) is 6.61 Å². The van der Waals surface area contributed by atoms with E-state index in [2.05, 4.69) is 0 Å². The van der Waals surface area contributed by atoms with Gasteiger partial charge in [-0.05, 0) is 48.5 Å². The van der Waals surface area contributed by atoms with Crippen LogP contribution in [0.25, 0.3) is 0 Å². The Morgan fingerprint density at radius 1 is 0.857 bits per heavy atom. The van der Waals surface area contributed by atoms with Gasteiger partial charge in [0.05, 0.1) is 0 Å². The lowest BCUT2D eigenvalue weighted by atomic mass is 10.1. The molecule has 0 unspecified atom stereocenters. The van der Waals surface area contributed by atoms with Gasteiger partial charge in [0.15, 0.2) is 0 Å². The third-order valence-electron chi connectivity index (χ3n) is 1.20. The fourth-order valence-electron chi connectivity index (χ4n) is 0.806. The van der Waals surface area contributed by atoms with E-state index in [9.17, 15) is 0 Å². The van der Waals surface area contributed by atoms with Gasteiger partial charge in [-0.3, -0.25) is 0 Å². The first kappa shape index (κ1) is 13.9. The summed E-state index contributed by atoms with van der Waals surface area (Å²) >= 11 is 0. The number of rotatable bonds is 4. The molecule has 0 amide bonds. The van der Waals surface area contributed by atoms with Gasteiger partial charge >= 0.3 is 7.32 Å². The topological polar surface area (TPSA) is 27.7 Å². The molecule has 0 N–H and O–H groups in total. The molecule has 0 rings (SSSR count). The van der Waals surface area contributed by atoms with Crippen molar-refractivity contribution >= 4 is 7.32 Å². The quantitative estimate of drug-likeness (QED) is 0.656. The molecular weight excluding hydrogens is 179 g/mol. The summed E-state index contributed by atoms with van der Waals surface area (Å²) in [5, 5.41) is 0. The summed E-state index contributed by atoms with van der Waals surface area (Å²) in [6.45, 7) is 14.4. The molecule has 14 heavy (non-hydrogen) atoms. The van der Waals surface area contributed by atoms with Gasteiger partial charge in [0.1, 0.15) is 0 Å². The van der Waals surface area contributed by atoms with E-state index in [4.69, 9.17) is 14.0 Å². The highest BCUT2D eigenvalue weighted by atomic mass is 16.7. The monoisotopic (exact) mass is 202 g/mol. The van der Waals surface area contributed by atoms with Gasteiger partial charge in [0, 0.05) is 17.8 Å². The van der Waals surface area contributed by atoms with Crippen LogP contribution in [0.2, 0.25) is 0 Å². The molecule has 3 nitrogen and oxygen atoms in total. The van der Waals surface area contributed by atoms with Crippen LogP contribution in [0, 0.1) is 0 Å². The van der Waals surface area contributed by atoms with Crippen LogP contribution in [0.15, 0.2) is 0 Å². The smallest absolute Gasteiger partial charge is 0.386 e. The van der Waals surface area contributed by atoms with E-state index in [1.165, 1.54) is 0 Å². The molecule has 84 valence electrons. The van der Waals surface area contributed by atoms with Gasteiger partial charge in [0.2, 0.25) is 0 Å². The zero-order chi connectivity index (χ0) is 11.4. The van der Waals surface area contributed by atoms with Crippen LogP contribution in [0.3, 0.4) is 0 Å². The van der Waals surface area contributed by atoms with E-state index in [0.717, 1.165) is 0 Å². The van der Waals surface area contributed by atoms with E-state index in [1.807, 2.05) is 48.5 Å².